The van der Waals surface area contributed by atoms with E-state index in [9.17, 15) is 0 Å². The average molecular weight is 187 g/mol. The van der Waals surface area contributed by atoms with E-state index < -0.39 is 0 Å². The molecule has 0 aliphatic heterocycles. The molecular formula is C6H13N5O2. The van der Waals surface area contributed by atoms with Gasteiger partial charge in [-0.3, -0.25) is 0 Å². The van der Waals surface area contributed by atoms with Gasteiger partial charge in [-0.1, -0.05) is 0 Å². The van der Waals surface area contributed by atoms with Crippen LogP contribution in [0.4, 0.5) is 11.9 Å². The van der Waals surface area contributed by atoms with Gasteiger partial charge in [0.25, 0.3) is 0 Å². The van der Waals surface area contributed by atoms with Crippen LogP contribution >= 0.6 is 0 Å². The third-order valence-electron chi connectivity index (χ3n) is 1.42. The summed E-state index contributed by atoms with van der Waals surface area (Å²) in [6.07, 6.45) is 0. The van der Waals surface area contributed by atoms with Crippen molar-refractivity contribution in [1.82, 2.24) is 15.2 Å². The molecule has 0 aliphatic rings. The molecule has 1 aromatic rings. The lowest BCUT2D eigenvalue weighted by Crippen LogP contribution is -2.29. The number of hydrogen-bond donors (Lipinski definition) is 4. The van der Waals surface area contributed by atoms with Gasteiger partial charge in [-0.15, -0.1) is 5.10 Å². The number of nitrogens with one attached hydrogen (secondary N) is 2. The van der Waals surface area contributed by atoms with Crippen molar-refractivity contribution in [3.8, 4) is 0 Å². The van der Waals surface area contributed by atoms with E-state index in [0.717, 1.165) is 0 Å². The zero-order valence-corrected chi connectivity index (χ0v) is 7.32. The van der Waals surface area contributed by atoms with E-state index in [4.69, 9.17) is 15.6 Å². The van der Waals surface area contributed by atoms with Crippen LogP contribution in [0.15, 0.2) is 0 Å². The van der Waals surface area contributed by atoms with E-state index in [1.807, 2.05) is 0 Å². The van der Waals surface area contributed by atoms with Gasteiger partial charge in [0.05, 0.1) is 19.3 Å². The molecule has 0 saturated heterocycles. The third kappa shape index (κ3) is 2.88. The largest absolute Gasteiger partial charge is 0.394 e. The van der Waals surface area contributed by atoms with Gasteiger partial charge in [-0.05, 0) is 0 Å². The Hall–Kier alpha value is -1.34. The summed E-state index contributed by atoms with van der Waals surface area (Å²) in [6, 6.07) is -0.222. The molecule has 1 atom stereocenters. The van der Waals surface area contributed by atoms with E-state index in [0.29, 0.717) is 12.6 Å². The van der Waals surface area contributed by atoms with Crippen LogP contribution in [0.3, 0.4) is 0 Å². The molecule has 0 aromatic carbocycles. The Morgan fingerprint density at radius 2 is 2.54 bits per heavy atom. The maximum absolute atomic E-state index is 8.89. The van der Waals surface area contributed by atoms with Crippen LogP contribution in [0, 0.1) is 0 Å². The van der Waals surface area contributed by atoms with Crippen LogP contribution in [-0.2, 0) is 4.74 Å². The van der Waals surface area contributed by atoms with E-state index in [2.05, 4.69) is 20.5 Å². The van der Waals surface area contributed by atoms with Crippen molar-refractivity contribution in [2.45, 2.75) is 6.04 Å². The summed E-state index contributed by atoms with van der Waals surface area (Å²) in [5, 5.41) is 17.9. The van der Waals surface area contributed by atoms with Gasteiger partial charge in [-0.2, -0.15) is 4.98 Å². The van der Waals surface area contributed by atoms with E-state index in [1.165, 1.54) is 0 Å². The summed E-state index contributed by atoms with van der Waals surface area (Å²) in [6.45, 7) is 0.327. The summed E-state index contributed by atoms with van der Waals surface area (Å²) < 4.78 is 4.85. The van der Waals surface area contributed by atoms with Gasteiger partial charge in [0.1, 0.15) is 0 Å². The summed E-state index contributed by atoms with van der Waals surface area (Å²) >= 11 is 0. The Balaban J connectivity index is 2.46. The Kier molecular flexibility index (Phi) is 3.47. The molecule has 1 aromatic heterocycles. The third-order valence-corrected chi connectivity index (χ3v) is 1.42. The number of nitrogens with zero attached hydrogens (tertiary/aromatic N) is 2. The molecule has 74 valence electrons. The minimum absolute atomic E-state index is 0.0533. The Labute approximate surface area is 75.3 Å². The second kappa shape index (κ2) is 4.63. The molecule has 1 rings (SSSR count). The zero-order chi connectivity index (χ0) is 9.68. The fourth-order valence-electron chi connectivity index (χ4n) is 0.863. The van der Waals surface area contributed by atoms with Crippen LogP contribution in [-0.4, -0.2) is 46.7 Å². The Morgan fingerprint density at radius 1 is 1.77 bits per heavy atom. The molecule has 0 bridgehead atoms. The predicted molar refractivity (Wildman–Crippen MR) is 47.2 cm³/mol. The van der Waals surface area contributed by atoms with Crippen LogP contribution < -0.4 is 11.1 Å². The topological polar surface area (TPSA) is 109 Å². The molecule has 0 spiro atoms. The van der Waals surface area contributed by atoms with Gasteiger partial charge in [0.15, 0.2) is 0 Å². The lowest BCUT2D eigenvalue weighted by atomic mass is 10.3. The number of aliphatic hydroxyl groups is 1. The second-order valence-electron chi connectivity index (χ2n) is 2.52. The molecule has 0 fully saturated rings. The number of H-pyrrole nitrogens is 1. The molecule has 5 N–H and O–H groups in total. The highest BCUT2D eigenvalue weighted by Gasteiger charge is 2.08. The zero-order valence-electron chi connectivity index (χ0n) is 7.32. The number of nitrogen functional groups attached to an aromatic ring is 1. The number of hydrogen-bond acceptors (Lipinski definition) is 6. The highest BCUT2D eigenvalue weighted by Crippen LogP contribution is 2.01. The van der Waals surface area contributed by atoms with E-state index in [-0.39, 0.29) is 18.6 Å². The van der Waals surface area contributed by atoms with Crippen LogP contribution in [0.5, 0.6) is 0 Å². The normalized spacial score (nSPS) is 12.8. The first kappa shape index (κ1) is 9.75. The van der Waals surface area contributed by atoms with Gasteiger partial charge < -0.3 is 20.9 Å². The van der Waals surface area contributed by atoms with Crippen LogP contribution in [0.25, 0.3) is 0 Å². The molecule has 1 heterocycles. The highest BCUT2D eigenvalue weighted by atomic mass is 16.5. The molecule has 0 amide bonds. The maximum Gasteiger partial charge on any atom is 0.244 e. The van der Waals surface area contributed by atoms with E-state index >= 15 is 0 Å². The highest BCUT2D eigenvalue weighted by molar-refractivity contribution is 5.30. The number of aliphatic hydroxyl groups excluding tert-OH is 1. The minimum atomic E-state index is -0.222. The minimum Gasteiger partial charge on any atom is -0.394 e. The molecule has 0 saturated carbocycles. The summed E-state index contributed by atoms with van der Waals surface area (Å²) in [7, 11) is 1.55. The first-order chi connectivity index (χ1) is 6.26. The van der Waals surface area contributed by atoms with Crippen molar-refractivity contribution in [1.29, 1.82) is 0 Å². The van der Waals surface area contributed by atoms with Gasteiger partial charge in [0.2, 0.25) is 11.9 Å². The van der Waals surface area contributed by atoms with Crippen molar-refractivity contribution < 1.29 is 9.84 Å². The van der Waals surface area contributed by atoms with Crippen molar-refractivity contribution >= 4 is 11.9 Å². The van der Waals surface area contributed by atoms with Crippen molar-refractivity contribution in [3.05, 3.63) is 0 Å². The molecule has 7 nitrogen and oxygen atoms in total. The molecule has 13 heavy (non-hydrogen) atoms. The summed E-state index contributed by atoms with van der Waals surface area (Å²) in [5.41, 5.74) is 5.31. The van der Waals surface area contributed by atoms with Crippen LogP contribution in [0.2, 0.25) is 0 Å². The molecular weight excluding hydrogens is 174 g/mol. The van der Waals surface area contributed by atoms with Gasteiger partial charge in [0, 0.05) is 7.11 Å². The molecule has 1 unspecified atom stereocenters. The monoisotopic (exact) mass is 187 g/mol. The summed E-state index contributed by atoms with van der Waals surface area (Å²) in [5.74, 6) is 0.588. The number of nitrogens with two attached hydrogens (primary N) is 1. The van der Waals surface area contributed by atoms with Crippen molar-refractivity contribution in [2.75, 3.05) is 31.4 Å². The molecule has 0 radical (unpaired) electrons. The van der Waals surface area contributed by atoms with Crippen molar-refractivity contribution in [3.63, 3.8) is 0 Å². The average Bonchev–Trinajstić information content (AvgIpc) is 2.50. The quantitative estimate of drug-likeness (QED) is 0.461. The van der Waals surface area contributed by atoms with Crippen LogP contribution in [0.1, 0.15) is 0 Å². The predicted octanol–water partition coefficient (Wildman–Crippen LogP) is -1.19. The molecule has 7 heteroatoms. The maximum atomic E-state index is 8.89. The standard InChI is InChI=1S/C6H13N5O2/c1-13-3-4(2-12)8-6-9-5(7)10-11-6/h4,12H,2-3H2,1H3,(H4,7,8,9,10,11). The van der Waals surface area contributed by atoms with Gasteiger partial charge in [-0.25, -0.2) is 5.10 Å². The lowest BCUT2D eigenvalue weighted by Gasteiger charge is -2.12. The Morgan fingerprint density at radius 3 is 3.00 bits per heavy atom. The number of aromatic nitrogens is 3. The first-order valence-corrected chi connectivity index (χ1v) is 3.80. The fraction of sp³-hybridized carbons (Fsp3) is 0.667. The SMILES string of the molecule is COCC(CO)Nc1n[nH]c(N)n1. The smallest absolute Gasteiger partial charge is 0.244 e. The lowest BCUT2D eigenvalue weighted by molar-refractivity contribution is 0.153. The second-order valence-corrected chi connectivity index (χ2v) is 2.52. The fourth-order valence-corrected chi connectivity index (χ4v) is 0.863. The summed E-state index contributed by atoms with van der Waals surface area (Å²) in [4.78, 5) is 3.81. The van der Waals surface area contributed by atoms with Gasteiger partial charge >= 0.3 is 0 Å². The number of ether oxygens (including phenoxy) is 1. The number of methoxy groups -OCH3 is 1. The number of rotatable bonds is 5. The van der Waals surface area contributed by atoms with E-state index in [1.54, 1.807) is 7.11 Å². The number of anilines is 2. The molecule has 0 aliphatic carbocycles. The first-order valence-electron chi connectivity index (χ1n) is 3.80. The Bertz CT molecular complexity index is 251. The number of aromatic amines is 1. The van der Waals surface area contributed by atoms with Crippen molar-refractivity contribution in [2.24, 2.45) is 0 Å².